The van der Waals surface area contributed by atoms with Gasteiger partial charge in [-0.15, -0.1) is 0 Å². The van der Waals surface area contributed by atoms with E-state index in [1.807, 2.05) is 0 Å². The Kier molecular flexibility index (Phi) is 10.4. The quantitative estimate of drug-likeness (QED) is 0.228. The Labute approximate surface area is 194 Å². The molecule has 0 saturated heterocycles. The molecule has 10 heteroatoms. The third-order valence-electron chi connectivity index (χ3n) is 5.58. The molecule has 0 fully saturated rings. The average Bonchev–Trinajstić information content (AvgIpc) is 2.64. The zero-order valence-corrected chi connectivity index (χ0v) is 22.8. The van der Waals surface area contributed by atoms with E-state index in [4.69, 9.17) is 13.9 Å². The molecule has 0 saturated carbocycles. The Balaban J connectivity index is 2.65. The first-order valence-electron chi connectivity index (χ1n) is 11.1. The lowest BCUT2D eigenvalue weighted by Crippen LogP contribution is -2.47. The Hall–Kier alpha value is -1.92. The van der Waals surface area contributed by atoms with Gasteiger partial charge in [0.1, 0.15) is 5.75 Å². The highest BCUT2D eigenvalue weighted by Gasteiger charge is 2.39. The molecule has 0 aliphatic rings. The van der Waals surface area contributed by atoms with E-state index in [1.165, 1.54) is 12.1 Å². The molecule has 1 amide bonds. The van der Waals surface area contributed by atoms with Gasteiger partial charge in [0.2, 0.25) is 0 Å². The maximum atomic E-state index is 12.1. The zero-order valence-electron chi connectivity index (χ0n) is 20.8. The summed E-state index contributed by atoms with van der Waals surface area (Å²) in [5, 5.41) is 13.6. The standard InChI is InChI=1S/C22H40N2O6Si2/c1-22(2,3)32(7,8)30-20(17-23-21(25)29-15-16-31(4,5)6)13-14-28-19-11-9-18(10-12-19)24(26)27/h9-12,20H,13-17H2,1-8H3,(H,23,25)/t20-/m1/s1. The van der Waals surface area contributed by atoms with Crippen LogP contribution in [0.25, 0.3) is 0 Å². The van der Waals surface area contributed by atoms with Gasteiger partial charge in [-0.05, 0) is 36.3 Å². The molecule has 1 rings (SSSR count). The van der Waals surface area contributed by atoms with Crippen LogP contribution in [0.1, 0.15) is 27.2 Å². The van der Waals surface area contributed by atoms with E-state index in [0.717, 1.165) is 6.04 Å². The molecule has 32 heavy (non-hydrogen) atoms. The first kappa shape index (κ1) is 28.1. The van der Waals surface area contributed by atoms with Crippen molar-refractivity contribution < 1.29 is 23.6 Å². The Morgan fingerprint density at radius 1 is 1.09 bits per heavy atom. The van der Waals surface area contributed by atoms with E-state index in [2.05, 4.69) is 58.8 Å². The third kappa shape index (κ3) is 10.6. The van der Waals surface area contributed by atoms with Gasteiger partial charge in [0, 0.05) is 33.2 Å². The molecule has 0 heterocycles. The summed E-state index contributed by atoms with van der Waals surface area (Å²) in [7, 11) is -3.32. The minimum atomic E-state index is -2.06. The SMILES string of the molecule is CC(C)(C)[Si](C)(C)O[C@H](CCOc1ccc([N+](=O)[O-])cc1)CNC(=O)OCC[Si](C)(C)C. The van der Waals surface area contributed by atoms with Crippen LogP contribution >= 0.6 is 0 Å². The summed E-state index contributed by atoms with van der Waals surface area (Å²) in [6.45, 7) is 18.7. The van der Waals surface area contributed by atoms with Crippen molar-refractivity contribution in [3.63, 3.8) is 0 Å². The van der Waals surface area contributed by atoms with Crippen molar-refractivity contribution in [3.8, 4) is 5.75 Å². The smallest absolute Gasteiger partial charge is 0.407 e. The maximum absolute atomic E-state index is 12.1. The lowest BCUT2D eigenvalue weighted by Gasteiger charge is -2.39. The van der Waals surface area contributed by atoms with Gasteiger partial charge in [0.15, 0.2) is 8.32 Å². The molecular weight excluding hydrogens is 444 g/mol. The second-order valence-corrected chi connectivity index (χ2v) is 21.1. The minimum Gasteiger partial charge on any atom is -0.493 e. The summed E-state index contributed by atoms with van der Waals surface area (Å²) in [5.74, 6) is 0.556. The monoisotopic (exact) mass is 484 g/mol. The number of carbonyl (C=O) groups is 1. The number of hydrogen-bond donors (Lipinski definition) is 1. The molecule has 0 unspecified atom stereocenters. The van der Waals surface area contributed by atoms with Crippen molar-refractivity contribution in [1.82, 2.24) is 5.32 Å². The number of carbonyl (C=O) groups excluding carboxylic acids is 1. The Morgan fingerprint density at radius 2 is 1.69 bits per heavy atom. The van der Waals surface area contributed by atoms with E-state index in [9.17, 15) is 14.9 Å². The van der Waals surface area contributed by atoms with Crippen LogP contribution < -0.4 is 10.1 Å². The number of rotatable bonds is 12. The predicted molar refractivity (Wildman–Crippen MR) is 133 cm³/mol. The van der Waals surface area contributed by atoms with E-state index < -0.39 is 27.4 Å². The normalized spacial score (nSPS) is 13.4. The van der Waals surface area contributed by atoms with Crippen molar-refractivity contribution in [3.05, 3.63) is 34.4 Å². The predicted octanol–water partition coefficient (Wildman–Crippen LogP) is 5.82. The van der Waals surface area contributed by atoms with Gasteiger partial charge in [0.25, 0.3) is 5.69 Å². The highest BCUT2D eigenvalue weighted by atomic mass is 28.4. The Morgan fingerprint density at radius 3 is 2.19 bits per heavy atom. The van der Waals surface area contributed by atoms with E-state index >= 15 is 0 Å². The number of nitro groups is 1. The summed E-state index contributed by atoms with van der Waals surface area (Å²) in [6, 6.07) is 6.91. The lowest BCUT2D eigenvalue weighted by molar-refractivity contribution is -0.384. The number of nitrogens with zero attached hydrogens (tertiary/aromatic N) is 1. The lowest BCUT2D eigenvalue weighted by atomic mass is 10.2. The van der Waals surface area contributed by atoms with Crippen LogP contribution in [0.5, 0.6) is 5.75 Å². The second-order valence-electron chi connectivity index (χ2n) is 10.7. The summed E-state index contributed by atoms with van der Waals surface area (Å²) in [4.78, 5) is 22.5. The minimum absolute atomic E-state index is 0.0216. The fraction of sp³-hybridized carbons (Fsp3) is 0.682. The van der Waals surface area contributed by atoms with Gasteiger partial charge < -0.3 is 19.2 Å². The van der Waals surface area contributed by atoms with Gasteiger partial charge in [-0.2, -0.15) is 0 Å². The van der Waals surface area contributed by atoms with Crippen molar-refractivity contribution in [2.45, 2.75) is 77.1 Å². The zero-order chi connectivity index (χ0) is 24.6. The molecule has 1 aromatic carbocycles. The topological polar surface area (TPSA) is 99.9 Å². The van der Waals surface area contributed by atoms with Gasteiger partial charge in [-0.1, -0.05) is 40.4 Å². The maximum Gasteiger partial charge on any atom is 0.407 e. The van der Waals surface area contributed by atoms with Crippen LogP contribution in [0.3, 0.4) is 0 Å². The first-order chi connectivity index (χ1) is 14.6. The molecule has 0 spiro atoms. The van der Waals surface area contributed by atoms with Crippen molar-refractivity contribution in [2.75, 3.05) is 19.8 Å². The molecule has 1 N–H and O–H groups in total. The number of hydrogen-bond acceptors (Lipinski definition) is 6. The number of nitrogens with one attached hydrogen (secondary N) is 1. The van der Waals surface area contributed by atoms with E-state index in [0.29, 0.717) is 31.9 Å². The number of benzene rings is 1. The van der Waals surface area contributed by atoms with Crippen molar-refractivity contribution in [1.29, 1.82) is 0 Å². The van der Waals surface area contributed by atoms with E-state index in [1.54, 1.807) is 12.1 Å². The Bertz CT molecular complexity index is 742. The largest absolute Gasteiger partial charge is 0.493 e. The highest BCUT2D eigenvalue weighted by Crippen LogP contribution is 2.37. The number of ether oxygens (including phenoxy) is 2. The number of alkyl carbamates (subject to hydrolysis) is 1. The van der Waals surface area contributed by atoms with Crippen molar-refractivity contribution in [2.24, 2.45) is 0 Å². The van der Waals surface area contributed by atoms with Gasteiger partial charge >= 0.3 is 6.09 Å². The van der Waals surface area contributed by atoms with Crippen LogP contribution in [0.15, 0.2) is 24.3 Å². The molecule has 182 valence electrons. The van der Waals surface area contributed by atoms with Crippen LogP contribution in [0.4, 0.5) is 10.5 Å². The van der Waals surface area contributed by atoms with Gasteiger partial charge in [-0.3, -0.25) is 10.1 Å². The summed E-state index contributed by atoms with van der Waals surface area (Å²) in [5.41, 5.74) is 0.0216. The first-order valence-corrected chi connectivity index (χ1v) is 17.7. The number of non-ortho nitro benzene ring substituents is 1. The molecule has 8 nitrogen and oxygen atoms in total. The van der Waals surface area contributed by atoms with E-state index in [-0.39, 0.29) is 16.8 Å². The average molecular weight is 485 g/mol. The summed E-state index contributed by atoms with van der Waals surface area (Å²) < 4.78 is 17.6. The number of nitro benzene ring substituents is 1. The summed E-state index contributed by atoms with van der Waals surface area (Å²) >= 11 is 0. The third-order valence-corrected chi connectivity index (χ3v) is 11.8. The van der Waals surface area contributed by atoms with Crippen LogP contribution in [-0.2, 0) is 9.16 Å². The van der Waals surface area contributed by atoms with Gasteiger partial charge in [-0.25, -0.2) is 4.79 Å². The number of amides is 1. The van der Waals surface area contributed by atoms with Crippen molar-refractivity contribution >= 4 is 28.2 Å². The second kappa shape index (κ2) is 11.8. The fourth-order valence-corrected chi connectivity index (χ4v) is 4.57. The molecule has 0 bridgehead atoms. The molecule has 0 aromatic heterocycles. The van der Waals surface area contributed by atoms with Crippen LogP contribution in [0, 0.1) is 10.1 Å². The van der Waals surface area contributed by atoms with Crippen LogP contribution in [-0.4, -0.2) is 53.3 Å². The molecule has 1 atom stereocenters. The fourth-order valence-electron chi connectivity index (χ4n) is 2.47. The molecule has 0 radical (unpaired) electrons. The van der Waals surface area contributed by atoms with Gasteiger partial charge in [0.05, 0.1) is 24.2 Å². The molecular formula is C22H40N2O6Si2. The molecule has 0 aliphatic heterocycles. The molecule has 0 aliphatic carbocycles. The molecule has 1 aromatic rings. The summed E-state index contributed by atoms with van der Waals surface area (Å²) in [6.07, 6.45) is -0.0829. The highest BCUT2D eigenvalue weighted by molar-refractivity contribution is 6.76. The van der Waals surface area contributed by atoms with Crippen LogP contribution in [0.2, 0.25) is 43.8 Å².